The summed E-state index contributed by atoms with van der Waals surface area (Å²) in [4.78, 5) is 33.1. The van der Waals surface area contributed by atoms with E-state index in [0.29, 0.717) is 4.90 Å². The van der Waals surface area contributed by atoms with E-state index in [1.54, 1.807) is 0 Å². The zero-order valence-corrected chi connectivity index (χ0v) is 5.87. The molecule has 58 valence electrons. The molecular weight excluding hydrogens is 146 g/mol. The number of carbonyl (C=O) groups excluding carboxylic acids is 3. The van der Waals surface area contributed by atoms with Gasteiger partial charge in [-0.3, -0.25) is 14.4 Å². The van der Waals surface area contributed by atoms with E-state index in [1.807, 2.05) is 0 Å². The van der Waals surface area contributed by atoms with E-state index in [0.717, 1.165) is 6.08 Å². The van der Waals surface area contributed by atoms with Gasteiger partial charge in [0.1, 0.15) is 0 Å². The van der Waals surface area contributed by atoms with Crippen molar-refractivity contribution >= 4 is 17.7 Å². The Morgan fingerprint density at radius 2 is 1.82 bits per heavy atom. The monoisotopic (exact) mass is 153 g/mol. The summed E-state index contributed by atoms with van der Waals surface area (Å²) in [5, 5.41) is 0. The van der Waals surface area contributed by atoms with E-state index in [9.17, 15) is 14.4 Å². The first kappa shape index (κ1) is 7.65. The van der Waals surface area contributed by atoms with E-state index >= 15 is 0 Å². The first-order valence-electron chi connectivity index (χ1n) is 3.19. The zero-order chi connectivity index (χ0) is 8.43. The van der Waals surface area contributed by atoms with Crippen LogP contribution in [0.25, 0.3) is 0 Å². The molecule has 0 aromatic heterocycles. The molecule has 0 aromatic carbocycles. The fourth-order valence-electron chi connectivity index (χ4n) is 0.914. The van der Waals surface area contributed by atoms with Crippen LogP contribution in [-0.4, -0.2) is 22.6 Å². The molecule has 0 bridgehead atoms. The van der Waals surface area contributed by atoms with Gasteiger partial charge in [-0.1, -0.05) is 6.58 Å². The van der Waals surface area contributed by atoms with E-state index in [2.05, 4.69) is 6.58 Å². The molecule has 4 heteroatoms. The van der Waals surface area contributed by atoms with Crippen LogP contribution in [0.1, 0.15) is 12.8 Å². The molecule has 0 N–H and O–H groups in total. The predicted molar refractivity (Wildman–Crippen MR) is 36.3 cm³/mol. The molecule has 0 atom stereocenters. The van der Waals surface area contributed by atoms with Gasteiger partial charge in [0.25, 0.3) is 5.91 Å². The summed E-state index contributed by atoms with van der Waals surface area (Å²) in [6, 6.07) is 0. The Morgan fingerprint density at radius 3 is 2.18 bits per heavy atom. The van der Waals surface area contributed by atoms with Crippen LogP contribution in [0.5, 0.6) is 0 Å². The van der Waals surface area contributed by atoms with Crippen LogP contribution in [0, 0.1) is 0 Å². The van der Waals surface area contributed by atoms with Crippen molar-refractivity contribution in [2.45, 2.75) is 12.8 Å². The SMILES string of the molecule is C=CC(=O)N1C(=O)CCC1=O. The zero-order valence-electron chi connectivity index (χ0n) is 5.87. The van der Waals surface area contributed by atoms with Crippen molar-refractivity contribution in [1.29, 1.82) is 0 Å². The topological polar surface area (TPSA) is 54.5 Å². The van der Waals surface area contributed by atoms with E-state index < -0.39 is 17.7 Å². The largest absolute Gasteiger partial charge is 0.274 e. The van der Waals surface area contributed by atoms with Gasteiger partial charge in [-0.15, -0.1) is 0 Å². The second-order valence-electron chi connectivity index (χ2n) is 2.17. The average Bonchev–Trinajstić information content (AvgIpc) is 2.30. The highest BCUT2D eigenvalue weighted by Gasteiger charge is 2.32. The molecule has 0 unspecified atom stereocenters. The third-order valence-corrected chi connectivity index (χ3v) is 1.45. The lowest BCUT2D eigenvalue weighted by atomic mass is 10.4. The minimum absolute atomic E-state index is 0.137. The van der Waals surface area contributed by atoms with Crippen LogP contribution < -0.4 is 0 Å². The first-order valence-corrected chi connectivity index (χ1v) is 3.19. The summed E-state index contributed by atoms with van der Waals surface area (Å²) >= 11 is 0. The summed E-state index contributed by atoms with van der Waals surface area (Å²) in [6.45, 7) is 3.18. The third-order valence-electron chi connectivity index (χ3n) is 1.45. The van der Waals surface area contributed by atoms with Gasteiger partial charge >= 0.3 is 0 Å². The molecule has 11 heavy (non-hydrogen) atoms. The summed E-state index contributed by atoms with van der Waals surface area (Å²) in [6.07, 6.45) is 1.23. The summed E-state index contributed by atoms with van der Waals surface area (Å²) in [5.74, 6) is -1.49. The lowest BCUT2D eigenvalue weighted by molar-refractivity contribution is -0.146. The fraction of sp³-hybridized carbons (Fsp3) is 0.286. The number of likely N-dealkylation sites (tertiary alicyclic amines) is 1. The van der Waals surface area contributed by atoms with Crippen molar-refractivity contribution in [2.75, 3.05) is 0 Å². The smallest absolute Gasteiger partial charge is 0.259 e. The Bertz CT molecular complexity index is 228. The Morgan fingerprint density at radius 1 is 1.36 bits per heavy atom. The average molecular weight is 153 g/mol. The Hall–Kier alpha value is -1.45. The number of hydrogen-bond acceptors (Lipinski definition) is 3. The number of nitrogens with zero attached hydrogens (tertiary/aromatic N) is 1. The molecule has 1 fully saturated rings. The van der Waals surface area contributed by atoms with Gasteiger partial charge in [0.05, 0.1) is 0 Å². The number of hydrogen-bond donors (Lipinski definition) is 0. The molecule has 3 amide bonds. The van der Waals surface area contributed by atoms with Crippen molar-refractivity contribution in [3.63, 3.8) is 0 Å². The fourth-order valence-corrected chi connectivity index (χ4v) is 0.914. The molecule has 1 aliphatic heterocycles. The van der Waals surface area contributed by atoms with Crippen LogP contribution in [0.2, 0.25) is 0 Å². The quantitative estimate of drug-likeness (QED) is 0.388. The van der Waals surface area contributed by atoms with Gasteiger partial charge in [-0.2, -0.15) is 0 Å². The van der Waals surface area contributed by atoms with Gasteiger partial charge in [0.15, 0.2) is 0 Å². The molecule has 0 aromatic rings. The van der Waals surface area contributed by atoms with E-state index in [4.69, 9.17) is 0 Å². The Kier molecular flexibility index (Phi) is 1.85. The maximum atomic E-state index is 10.8. The van der Waals surface area contributed by atoms with E-state index in [-0.39, 0.29) is 12.8 Å². The molecule has 0 saturated carbocycles. The predicted octanol–water partition coefficient (Wildman–Crippen LogP) is -0.152. The van der Waals surface area contributed by atoms with Gasteiger partial charge in [0, 0.05) is 12.8 Å². The third kappa shape index (κ3) is 1.19. The van der Waals surface area contributed by atoms with Gasteiger partial charge in [-0.25, -0.2) is 4.90 Å². The van der Waals surface area contributed by atoms with Crippen molar-refractivity contribution in [1.82, 2.24) is 4.90 Å². The highest BCUT2D eigenvalue weighted by atomic mass is 16.2. The molecule has 0 aliphatic carbocycles. The van der Waals surface area contributed by atoms with Gasteiger partial charge < -0.3 is 0 Å². The molecule has 1 heterocycles. The van der Waals surface area contributed by atoms with Gasteiger partial charge in [-0.05, 0) is 6.08 Å². The maximum absolute atomic E-state index is 10.8. The summed E-state index contributed by atoms with van der Waals surface area (Å²) in [5.41, 5.74) is 0. The summed E-state index contributed by atoms with van der Waals surface area (Å²) < 4.78 is 0. The van der Waals surface area contributed by atoms with Crippen molar-refractivity contribution in [2.24, 2.45) is 0 Å². The normalized spacial score (nSPS) is 17.3. The second kappa shape index (κ2) is 2.65. The number of rotatable bonds is 1. The van der Waals surface area contributed by atoms with Gasteiger partial charge in [0.2, 0.25) is 11.8 Å². The molecule has 1 saturated heterocycles. The van der Waals surface area contributed by atoms with Crippen molar-refractivity contribution in [3.05, 3.63) is 12.7 Å². The van der Waals surface area contributed by atoms with Crippen LogP contribution >= 0.6 is 0 Å². The molecule has 1 rings (SSSR count). The Balaban J connectivity index is 2.84. The number of amides is 3. The lowest BCUT2D eigenvalue weighted by Crippen LogP contribution is -2.33. The lowest BCUT2D eigenvalue weighted by Gasteiger charge is -2.06. The van der Waals surface area contributed by atoms with Crippen LogP contribution in [0.3, 0.4) is 0 Å². The summed E-state index contributed by atoms with van der Waals surface area (Å²) in [7, 11) is 0. The molecular formula is C7H7NO3. The molecule has 4 nitrogen and oxygen atoms in total. The molecule has 0 radical (unpaired) electrons. The van der Waals surface area contributed by atoms with Crippen LogP contribution in [0.15, 0.2) is 12.7 Å². The molecule has 0 spiro atoms. The standard InChI is InChI=1S/C7H7NO3/c1-2-5(9)8-6(10)3-4-7(8)11/h2H,1,3-4H2. The number of imide groups is 3. The van der Waals surface area contributed by atoms with Crippen molar-refractivity contribution < 1.29 is 14.4 Å². The number of carbonyl (C=O) groups is 3. The highest BCUT2D eigenvalue weighted by Crippen LogP contribution is 2.11. The molecule has 1 aliphatic rings. The minimum Gasteiger partial charge on any atom is -0.274 e. The first-order chi connectivity index (χ1) is 5.16. The second-order valence-corrected chi connectivity index (χ2v) is 2.17. The highest BCUT2D eigenvalue weighted by molar-refractivity contribution is 6.17. The Labute approximate surface area is 63.5 Å². The van der Waals surface area contributed by atoms with Crippen LogP contribution in [-0.2, 0) is 14.4 Å². The maximum Gasteiger partial charge on any atom is 0.259 e. The van der Waals surface area contributed by atoms with E-state index in [1.165, 1.54) is 0 Å². The van der Waals surface area contributed by atoms with Crippen molar-refractivity contribution in [3.8, 4) is 0 Å². The minimum atomic E-state index is -0.627. The van der Waals surface area contributed by atoms with Crippen LogP contribution in [0.4, 0.5) is 0 Å².